The van der Waals surface area contributed by atoms with E-state index in [1.165, 1.54) is 10.4 Å². The summed E-state index contributed by atoms with van der Waals surface area (Å²) in [4.78, 5) is 31.0. The average Bonchev–Trinajstić information content (AvgIpc) is 3.19. The predicted molar refractivity (Wildman–Crippen MR) is 114 cm³/mol. The molecule has 4 nitrogen and oxygen atoms in total. The van der Waals surface area contributed by atoms with Crippen LogP contribution in [0.25, 0.3) is 0 Å². The molecule has 2 amide bonds. The van der Waals surface area contributed by atoms with Crippen molar-refractivity contribution in [2.24, 2.45) is 0 Å². The highest BCUT2D eigenvalue weighted by Crippen LogP contribution is 2.37. The number of fused-ring (bicyclic) bond motifs is 1. The van der Waals surface area contributed by atoms with Crippen molar-refractivity contribution in [1.29, 1.82) is 0 Å². The van der Waals surface area contributed by atoms with E-state index in [4.69, 9.17) is 0 Å². The summed E-state index contributed by atoms with van der Waals surface area (Å²) in [5.74, 6) is 0.139. The van der Waals surface area contributed by atoms with E-state index >= 15 is 0 Å². The summed E-state index contributed by atoms with van der Waals surface area (Å²) in [5, 5.41) is 2.12. The Morgan fingerprint density at radius 3 is 2.64 bits per heavy atom. The summed E-state index contributed by atoms with van der Waals surface area (Å²) in [6.45, 7) is 5.66. The maximum atomic E-state index is 13.3. The third kappa shape index (κ3) is 4.64. The first-order valence-corrected chi connectivity index (χ1v) is 11.2. The number of carbonyl (C=O) groups excluding carboxylic acids is 2. The van der Waals surface area contributed by atoms with Gasteiger partial charge in [0.15, 0.2) is 0 Å². The van der Waals surface area contributed by atoms with Crippen LogP contribution in [0, 0.1) is 0 Å². The van der Waals surface area contributed by atoms with Gasteiger partial charge in [-0.05, 0) is 41.8 Å². The average molecular weight is 399 g/mol. The fraction of sp³-hybridized carbons (Fsp3) is 0.478. The molecule has 0 aliphatic carbocycles. The molecule has 2 heterocycles. The van der Waals surface area contributed by atoms with Gasteiger partial charge in [-0.25, -0.2) is 0 Å². The third-order valence-electron chi connectivity index (χ3n) is 5.33. The summed E-state index contributed by atoms with van der Waals surface area (Å²) in [6, 6.07) is 12.3. The van der Waals surface area contributed by atoms with E-state index in [0.717, 1.165) is 31.2 Å². The van der Waals surface area contributed by atoms with Crippen LogP contribution < -0.4 is 0 Å². The number of hydrogen-bond acceptors (Lipinski definition) is 3. The van der Waals surface area contributed by atoms with Crippen molar-refractivity contribution in [3.8, 4) is 0 Å². The molecule has 0 saturated heterocycles. The highest BCUT2D eigenvalue weighted by Gasteiger charge is 2.33. The van der Waals surface area contributed by atoms with Gasteiger partial charge < -0.3 is 9.80 Å². The molecule has 0 bridgehead atoms. The molecule has 1 aliphatic heterocycles. The Hall–Kier alpha value is -2.14. The first-order chi connectivity index (χ1) is 13.7. The molecule has 2 aromatic rings. The van der Waals surface area contributed by atoms with Gasteiger partial charge in [-0.15, -0.1) is 11.3 Å². The maximum absolute atomic E-state index is 13.3. The molecule has 0 N–H and O–H groups in total. The van der Waals surface area contributed by atoms with Crippen LogP contribution in [-0.2, 0) is 16.0 Å². The number of amides is 2. The largest absolute Gasteiger partial charge is 0.333 e. The van der Waals surface area contributed by atoms with Crippen molar-refractivity contribution in [2.75, 3.05) is 19.6 Å². The zero-order chi connectivity index (χ0) is 19.9. The molecule has 1 unspecified atom stereocenters. The van der Waals surface area contributed by atoms with Crippen LogP contribution in [0.1, 0.15) is 61.6 Å². The van der Waals surface area contributed by atoms with Gasteiger partial charge in [-0.2, -0.15) is 0 Å². The number of thiophene rings is 1. The minimum atomic E-state index is -0.0574. The highest BCUT2D eigenvalue weighted by atomic mass is 32.1. The molecule has 0 fully saturated rings. The Bertz CT molecular complexity index is 787. The fourth-order valence-corrected chi connectivity index (χ4v) is 4.75. The van der Waals surface area contributed by atoms with E-state index < -0.39 is 0 Å². The van der Waals surface area contributed by atoms with E-state index in [0.29, 0.717) is 19.5 Å². The zero-order valence-corrected chi connectivity index (χ0v) is 17.7. The normalized spacial score (nSPS) is 15.9. The smallest absolute Gasteiger partial charge is 0.242 e. The lowest BCUT2D eigenvalue weighted by atomic mass is 9.93. The van der Waals surface area contributed by atoms with Gasteiger partial charge >= 0.3 is 0 Å². The van der Waals surface area contributed by atoms with E-state index in [1.807, 2.05) is 30.0 Å². The first-order valence-electron chi connectivity index (χ1n) is 10.3. The minimum absolute atomic E-state index is 0.0475. The van der Waals surface area contributed by atoms with Gasteiger partial charge in [0.2, 0.25) is 11.8 Å². The molecule has 28 heavy (non-hydrogen) atoms. The van der Waals surface area contributed by atoms with Gasteiger partial charge in [0.1, 0.15) is 0 Å². The second-order valence-electron chi connectivity index (χ2n) is 7.37. The molecule has 0 saturated carbocycles. The van der Waals surface area contributed by atoms with Crippen LogP contribution in [0.2, 0.25) is 0 Å². The maximum Gasteiger partial charge on any atom is 0.242 e. The van der Waals surface area contributed by atoms with Crippen molar-refractivity contribution >= 4 is 23.2 Å². The van der Waals surface area contributed by atoms with Crippen molar-refractivity contribution in [2.45, 2.75) is 52.0 Å². The lowest BCUT2D eigenvalue weighted by molar-refractivity contribution is -0.141. The van der Waals surface area contributed by atoms with Crippen LogP contribution in [-0.4, -0.2) is 41.2 Å². The van der Waals surface area contributed by atoms with Crippen molar-refractivity contribution in [3.05, 3.63) is 57.8 Å². The third-order valence-corrected chi connectivity index (χ3v) is 6.32. The molecule has 1 aliphatic rings. The molecule has 1 aromatic heterocycles. The van der Waals surface area contributed by atoms with Gasteiger partial charge in [-0.3, -0.25) is 9.59 Å². The fourth-order valence-electron chi connectivity index (χ4n) is 3.85. The quantitative estimate of drug-likeness (QED) is 0.649. The second-order valence-corrected chi connectivity index (χ2v) is 8.37. The number of hydrogen-bond donors (Lipinski definition) is 0. The Morgan fingerprint density at radius 2 is 1.93 bits per heavy atom. The lowest BCUT2D eigenvalue weighted by Crippen LogP contribution is -2.47. The molecule has 1 aromatic carbocycles. The van der Waals surface area contributed by atoms with Gasteiger partial charge in [0.05, 0.1) is 12.6 Å². The Morgan fingerprint density at radius 1 is 1.14 bits per heavy atom. The molecular weight excluding hydrogens is 368 g/mol. The van der Waals surface area contributed by atoms with Crippen LogP contribution in [0.4, 0.5) is 0 Å². The lowest BCUT2D eigenvalue weighted by Gasteiger charge is -2.37. The molecule has 3 rings (SSSR count). The molecule has 0 radical (unpaired) electrons. The first kappa shape index (κ1) is 20.6. The van der Waals surface area contributed by atoms with Crippen LogP contribution in [0.3, 0.4) is 0 Å². The number of carbonyl (C=O) groups is 2. The molecular formula is C23H30N2O2S. The van der Waals surface area contributed by atoms with E-state index in [-0.39, 0.29) is 24.4 Å². The molecule has 150 valence electrons. The van der Waals surface area contributed by atoms with Crippen LogP contribution in [0.15, 0.2) is 41.8 Å². The van der Waals surface area contributed by atoms with Gasteiger partial charge in [-0.1, -0.05) is 50.6 Å². The number of unbranched alkanes of at least 4 members (excludes halogenated alkanes) is 1. The Kier molecular flexibility index (Phi) is 7.26. The Balaban J connectivity index is 1.83. The van der Waals surface area contributed by atoms with E-state index in [2.05, 4.69) is 30.5 Å². The standard InChI is InChI=1S/C23H30N2O2S/c1-3-5-14-24(21(26)9-4-2)17-22(27)25-15-12-20-19(13-16-28-20)23(25)18-10-7-6-8-11-18/h6-8,10-11,13,16,23H,3-5,9,12,14-15,17H2,1-2H3. The van der Waals surface area contributed by atoms with Gasteiger partial charge in [0.25, 0.3) is 0 Å². The van der Waals surface area contributed by atoms with Crippen LogP contribution in [0.5, 0.6) is 0 Å². The summed E-state index contributed by atoms with van der Waals surface area (Å²) in [6.07, 6.45) is 4.15. The molecule has 0 spiro atoms. The highest BCUT2D eigenvalue weighted by molar-refractivity contribution is 7.10. The van der Waals surface area contributed by atoms with E-state index in [9.17, 15) is 9.59 Å². The zero-order valence-electron chi connectivity index (χ0n) is 16.9. The summed E-state index contributed by atoms with van der Waals surface area (Å²) in [7, 11) is 0. The minimum Gasteiger partial charge on any atom is -0.333 e. The Labute approximate surface area is 172 Å². The van der Waals surface area contributed by atoms with Crippen molar-refractivity contribution in [1.82, 2.24) is 9.80 Å². The van der Waals surface area contributed by atoms with Crippen molar-refractivity contribution < 1.29 is 9.59 Å². The predicted octanol–water partition coefficient (Wildman–Crippen LogP) is 4.65. The summed E-state index contributed by atoms with van der Waals surface area (Å²) in [5.41, 5.74) is 2.37. The summed E-state index contributed by atoms with van der Waals surface area (Å²) >= 11 is 1.77. The monoisotopic (exact) mass is 398 g/mol. The number of rotatable bonds is 8. The topological polar surface area (TPSA) is 40.6 Å². The van der Waals surface area contributed by atoms with Crippen molar-refractivity contribution in [3.63, 3.8) is 0 Å². The second kappa shape index (κ2) is 9.87. The molecule has 5 heteroatoms. The number of nitrogens with zero attached hydrogens (tertiary/aromatic N) is 2. The molecule has 1 atom stereocenters. The number of benzene rings is 1. The van der Waals surface area contributed by atoms with E-state index in [1.54, 1.807) is 16.2 Å². The van der Waals surface area contributed by atoms with Crippen LogP contribution >= 0.6 is 11.3 Å². The summed E-state index contributed by atoms with van der Waals surface area (Å²) < 4.78 is 0. The van der Waals surface area contributed by atoms with Gasteiger partial charge in [0, 0.05) is 24.4 Å². The SMILES string of the molecule is CCCCN(CC(=O)N1CCc2sccc2C1c1ccccc1)C(=O)CCC.